The van der Waals surface area contributed by atoms with Crippen LogP contribution in [-0.2, 0) is 9.59 Å². The third kappa shape index (κ3) is 4.48. The van der Waals surface area contributed by atoms with Gasteiger partial charge in [0.15, 0.2) is 0 Å². The van der Waals surface area contributed by atoms with Crippen molar-refractivity contribution in [3.05, 3.63) is 54.1 Å². The standard InChI is InChI=1S/C22H27N3O2/c1-14(2)17-7-5-6-8-20(17)24-22(27)19-13-18(19)21(26)23-15-9-11-16(12-10-15)25(3)4/h5-12,14,18-19H,13H2,1-4H3,(H,23,26)(H,24,27). The average molecular weight is 365 g/mol. The quantitative estimate of drug-likeness (QED) is 0.810. The van der Waals surface area contributed by atoms with Crippen LogP contribution in [0.3, 0.4) is 0 Å². The fourth-order valence-corrected chi connectivity index (χ4v) is 3.19. The number of nitrogens with one attached hydrogen (secondary N) is 2. The Morgan fingerprint density at radius 3 is 2.11 bits per heavy atom. The van der Waals surface area contributed by atoms with E-state index in [0.717, 1.165) is 22.6 Å². The molecule has 0 aromatic heterocycles. The van der Waals surface area contributed by atoms with E-state index in [-0.39, 0.29) is 23.7 Å². The Balaban J connectivity index is 1.57. The Morgan fingerprint density at radius 2 is 1.52 bits per heavy atom. The van der Waals surface area contributed by atoms with Crippen molar-refractivity contribution in [2.45, 2.75) is 26.2 Å². The zero-order valence-electron chi connectivity index (χ0n) is 16.3. The summed E-state index contributed by atoms with van der Waals surface area (Å²) in [5.41, 5.74) is 3.76. The van der Waals surface area contributed by atoms with E-state index in [0.29, 0.717) is 12.3 Å². The third-order valence-corrected chi connectivity index (χ3v) is 4.96. The maximum Gasteiger partial charge on any atom is 0.228 e. The number of benzene rings is 2. The molecule has 2 unspecified atom stereocenters. The van der Waals surface area contributed by atoms with E-state index in [1.165, 1.54) is 0 Å². The third-order valence-electron chi connectivity index (χ3n) is 4.96. The minimum absolute atomic E-state index is 0.0776. The second-order valence-corrected chi connectivity index (χ2v) is 7.61. The molecule has 1 fully saturated rings. The highest BCUT2D eigenvalue weighted by atomic mass is 16.2. The molecule has 0 heterocycles. The zero-order chi connectivity index (χ0) is 19.6. The van der Waals surface area contributed by atoms with Crippen LogP contribution >= 0.6 is 0 Å². The largest absolute Gasteiger partial charge is 0.378 e. The molecule has 3 rings (SSSR count). The number of anilines is 3. The van der Waals surface area contributed by atoms with Gasteiger partial charge in [-0.15, -0.1) is 0 Å². The molecular weight excluding hydrogens is 338 g/mol. The number of hydrogen-bond donors (Lipinski definition) is 2. The van der Waals surface area contributed by atoms with E-state index in [9.17, 15) is 9.59 Å². The van der Waals surface area contributed by atoms with Crippen molar-refractivity contribution in [3.63, 3.8) is 0 Å². The molecule has 5 heteroatoms. The molecule has 0 spiro atoms. The summed E-state index contributed by atoms with van der Waals surface area (Å²) < 4.78 is 0. The van der Waals surface area contributed by atoms with E-state index < -0.39 is 0 Å². The lowest BCUT2D eigenvalue weighted by Crippen LogP contribution is -2.21. The summed E-state index contributed by atoms with van der Waals surface area (Å²) in [5, 5.41) is 5.91. The molecule has 1 aliphatic carbocycles. The van der Waals surface area contributed by atoms with Crippen LogP contribution in [0.4, 0.5) is 17.1 Å². The highest BCUT2D eigenvalue weighted by molar-refractivity contribution is 6.03. The molecule has 0 saturated heterocycles. The fraction of sp³-hybridized carbons (Fsp3) is 0.364. The molecule has 1 aliphatic rings. The summed E-state index contributed by atoms with van der Waals surface area (Å²) in [6, 6.07) is 15.5. The Hall–Kier alpha value is -2.82. The first kappa shape index (κ1) is 19.0. The maximum absolute atomic E-state index is 12.5. The van der Waals surface area contributed by atoms with Crippen LogP contribution in [0.25, 0.3) is 0 Å². The molecule has 0 bridgehead atoms. The topological polar surface area (TPSA) is 61.4 Å². The summed E-state index contributed by atoms with van der Waals surface area (Å²) in [6.07, 6.45) is 0.595. The smallest absolute Gasteiger partial charge is 0.228 e. The van der Waals surface area contributed by atoms with Crippen molar-refractivity contribution in [1.29, 1.82) is 0 Å². The van der Waals surface area contributed by atoms with E-state index in [2.05, 4.69) is 24.5 Å². The Labute approximate surface area is 160 Å². The van der Waals surface area contributed by atoms with Crippen LogP contribution in [-0.4, -0.2) is 25.9 Å². The Morgan fingerprint density at radius 1 is 0.926 bits per heavy atom. The lowest BCUT2D eigenvalue weighted by molar-refractivity contribution is -0.122. The molecule has 27 heavy (non-hydrogen) atoms. The second-order valence-electron chi connectivity index (χ2n) is 7.61. The SMILES string of the molecule is CC(C)c1ccccc1NC(=O)C1CC1C(=O)Nc1ccc(N(C)C)cc1. The van der Waals surface area contributed by atoms with Crippen LogP contribution in [0.2, 0.25) is 0 Å². The van der Waals surface area contributed by atoms with Gasteiger partial charge >= 0.3 is 0 Å². The van der Waals surface area contributed by atoms with Gasteiger partial charge in [0.05, 0.1) is 11.8 Å². The Kier molecular flexibility index (Phi) is 5.49. The second kappa shape index (κ2) is 7.82. The first-order valence-electron chi connectivity index (χ1n) is 9.35. The fourth-order valence-electron chi connectivity index (χ4n) is 3.19. The monoisotopic (exact) mass is 365 g/mol. The number of carbonyl (C=O) groups is 2. The molecule has 0 radical (unpaired) electrons. The van der Waals surface area contributed by atoms with E-state index in [4.69, 9.17) is 0 Å². The molecular formula is C22H27N3O2. The molecule has 142 valence electrons. The predicted octanol–water partition coefficient (Wildman–Crippen LogP) is 4.09. The number of nitrogens with zero attached hydrogens (tertiary/aromatic N) is 1. The van der Waals surface area contributed by atoms with Gasteiger partial charge in [0.1, 0.15) is 0 Å². The maximum atomic E-state index is 12.5. The van der Waals surface area contributed by atoms with Gasteiger partial charge < -0.3 is 15.5 Å². The first-order valence-corrected chi connectivity index (χ1v) is 9.35. The van der Waals surface area contributed by atoms with E-state index in [1.807, 2.05) is 67.5 Å². The molecule has 2 aromatic rings. The van der Waals surface area contributed by atoms with Gasteiger partial charge in [0.25, 0.3) is 0 Å². The van der Waals surface area contributed by atoms with Crippen LogP contribution < -0.4 is 15.5 Å². The van der Waals surface area contributed by atoms with Crippen molar-refractivity contribution in [1.82, 2.24) is 0 Å². The normalized spacial score (nSPS) is 18.1. The summed E-state index contributed by atoms with van der Waals surface area (Å²) in [4.78, 5) is 27.0. The lowest BCUT2D eigenvalue weighted by Gasteiger charge is -2.14. The first-order chi connectivity index (χ1) is 12.9. The van der Waals surface area contributed by atoms with Gasteiger partial charge in [-0.05, 0) is 48.2 Å². The van der Waals surface area contributed by atoms with Gasteiger partial charge in [-0.3, -0.25) is 9.59 Å². The number of para-hydroxylation sites is 1. The number of amides is 2. The van der Waals surface area contributed by atoms with Gasteiger partial charge in [-0.1, -0.05) is 32.0 Å². The van der Waals surface area contributed by atoms with Crippen molar-refractivity contribution in [2.24, 2.45) is 11.8 Å². The molecule has 2 amide bonds. The van der Waals surface area contributed by atoms with Gasteiger partial charge in [-0.25, -0.2) is 0 Å². The summed E-state index contributed by atoms with van der Waals surface area (Å²) in [7, 11) is 3.94. The minimum Gasteiger partial charge on any atom is -0.378 e. The summed E-state index contributed by atoms with van der Waals surface area (Å²) >= 11 is 0. The summed E-state index contributed by atoms with van der Waals surface area (Å²) in [6.45, 7) is 4.19. The molecule has 2 N–H and O–H groups in total. The predicted molar refractivity (Wildman–Crippen MR) is 110 cm³/mol. The van der Waals surface area contributed by atoms with Crippen LogP contribution in [0.15, 0.2) is 48.5 Å². The van der Waals surface area contributed by atoms with Crippen LogP contribution in [0.1, 0.15) is 31.7 Å². The van der Waals surface area contributed by atoms with Crippen molar-refractivity contribution in [3.8, 4) is 0 Å². The molecule has 2 atom stereocenters. The van der Waals surface area contributed by atoms with Gasteiger partial charge in [0, 0.05) is 31.2 Å². The molecule has 2 aromatic carbocycles. The molecule has 1 saturated carbocycles. The zero-order valence-corrected chi connectivity index (χ0v) is 16.3. The van der Waals surface area contributed by atoms with Crippen LogP contribution in [0, 0.1) is 11.8 Å². The minimum atomic E-state index is -0.260. The van der Waals surface area contributed by atoms with E-state index in [1.54, 1.807) is 0 Å². The number of rotatable bonds is 6. The van der Waals surface area contributed by atoms with Crippen molar-refractivity contribution >= 4 is 28.9 Å². The van der Waals surface area contributed by atoms with Crippen molar-refractivity contribution < 1.29 is 9.59 Å². The lowest BCUT2D eigenvalue weighted by atomic mass is 10.0. The average Bonchev–Trinajstić information content (AvgIpc) is 3.43. The Bertz CT molecular complexity index is 828. The van der Waals surface area contributed by atoms with E-state index >= 15 is 0 Å². The highest BCUT2D eigenvalue weighted by Gasteiger charge is 2.48. The summed E-state index contributed by atoms with van der Waals surface area (Å²) in [5.74, 6) is -0.364. The molecule has 0 aliphatic heterocycles. The van der Waals surface area contributed by atoms with Gasteiger partial charge in [-0.2, -0.15) is 0 Å². The highest BCUT2D eigenvalue weighted by Crippen LogP contribution is 2.40. The molecule has 5 nitrogen and oxygen atoms in total. The van der Waals surface area contributed by atoms with Crippen LogP contribution in [0.5, 0.6) is 0 Å². The van der Waals surface area contributed by atoms with Gasteiger partial charge in [0.2, 0.25) is 11.8 Å². The number of hydrogen-bond acceptors (Lipinski definition) is 3. The number of carbonyl (C=O) groups excluding carboxylic acids is 2. The van der Waals surface area contributed by atoms with Crippen molar-refractivity contribution in [2.75, 3.05) is 29.6 Å².